The summed E-state index contributed by atoms with van der Waals surface area (Å²) in [7, 11) is 0. The van der Waals surface area contributed by atoms with E-state index < -0.39 is 6.09 Å². The van der Waals surface area contributed by atoms with Gasteiger partial charge in [-0.25, -0.2) is 4.79 Å². The summed E-state index contributed by atoms with van der Waals surface area (Å²) < 4.78 is 5.92. The van der Waals surface area contributed by atoms with Crippen LogP contribution in [0.25, 0.3) is 0 Å². The maximum absolute atomic E-state index is 10.5. The Kier molecular flexibility index (Phi) is 5.88. The van der Waals surface area contributed by atoms with E-state index in [1.807, 2.05) is 12.1 Å². The first-order valence-electron chi connectivity index (χ1n) is 8.29. The van der Waals surface area contributed by atoms with Crippen LogP contribution < -0.4 is 10.1 Å². The third-order valence-electron chi connectivity index (χ3n) is 3.98. The number of piperidine rings is 1. The number of rotatable bonds is 5. The van der Waals surface area contributed by atoms with Crippen LogP contribution in [0.5, 0.6) is 5.75 Å². The summed E-state index contributed by atoms with van der Waals surface area (Å²) >= 11 is 0. The molecule has 1 amide bonds. The molecule has 1 heterocycles. The molecule has 128 valence electrons. The number of benzene rings is 1. The molecule has 2 N–H and O–H groups in total. The van der Waals surface area contributed by atoms with Crippen molar-refractivity contribution in [3.05, 3.63) is 29.8 Å². The van der Waals surface area contributed by atoms with Gasteiger partial charge in [0.2, 0.25) is 0 Å². The van der Waals surface area contributed by atoms with Crippen LogP contribution in [0.4, 0.5) is 4.79 Å². The molecule has 23 heavy (non-hydrogen) atoms. The third-order valence-corrected chi connectivity index (χ3v) is 3.98. The van der Waals surface area contributed by atoms with Crippen molar-refractivity contribution in [2.45, 2.75) is 45.8 Å². The highest BCUT2D eigenvalue weighted by Gasteiger charge is 2.20. The fourth-order valence-electron chi connectivity index (χ4n) is 2.90. The van der Waals surface area contributed by atoms with Gasteiger partial charge in [-0.15, -0.1) is 0 Å². The molecular weight excluding hydrogens is 292 g/mol. The zero-order valence-electron chi connectivity index (χ0n) is 14.3. The van der Waals surface area contributed by atoms with Crippen LogP contribution in [0.1, 0.15) is 39.2 Å². The number of ether oxygens (including phenoxy) is 1. The van der Waals surface area contributed by atoms with Gasteiger partial charge < -0.3 is 15.2 Å². The molecular formula is C18H28N2O3. The van der Waals surface area contributed by atoms with E-state index in [4.69, 9.17) is 9.84 Å². The van der Waals surface area contributed by atoms with Crippen molar-refractivity contribution < 1.29 is 14.6 Å². The molecule has 1 saturated heterocycles. The molecule has 1 aromatic carbocycles. The van der Waals surface area contributed by atoms with Gasteiger partial charge in [0.1, 0.15) is 11.4 Å². The lowest BCUT2D eigenvalue weighted by atomic mass is 9.96. The lowest BCUT2D eigenvalue weighted by Crippen LogP contribution is -2.38. The standard InChI is InChI=1S/C18H28N2O3/c1-18(2,3)23-16-6-4-5-15(11-16)13-20-9-7-14(8-10-20)12-19-17(21)22/h4-6,11,14,19H,7-10,12-13H2,1-3H3,(H,21,22). The highest BCUT2D eigenvalue weighted by atomic mass is 16.5. The summed E-state index contributed by atoms with van der Waals surface area (Å²) in [6, 6.07) is 8.29. The minimum Gasteiger partial charge on any atom is -0.488 e. The van der Waals surface area contributed by atoms with Gasteiger partial charge in [0, 0.05) is 13.1 Å². The Morgan fingerprint density at radius 3 is 2.65 bits per heavy atom. The molecule has 0 radical (unpaired) electrons. The van der Waals surface area contributed by atoms with Crippen molar-refractivity contribution in [2.75, 3.05) is 19.6 Å². The highest BCUT2D eigenvalue weighted by molar-refractivity contribution is 5.64. The minimum absolute atomic E-state index is 0.186. The number of hydrogen-bond donors (Lipinski definition) is 2. The molecule has 0 atom stereocenters. The van der Waals surface area contributed by atoms with Crippen molar-refractivity contribution >= 4 is 6.09 Å². The summed E-state index contributed by atoms with van der Waals surface area (Å²) in [6.45, 7) is 9.66. The van der Waals surface area contributed by atoms with Crippen LogP contribution in [-0.2, 0) is 6.54 Å². The molecule has 1 aliphatic heterocycles. The minimum atomic E-state index is -0.928. The number of carboxylic acid groups (broad SMARTS) is 1. The van der Waals surface area contributed by atoms with Crippen molar-refractivity contribution in [1.82, 2.24) is 10.2 Å². The molecule has 0 unspecified atom stereocenters. The largest absolute Gasteiger partial charge is 0.488 e. The zero-order chi connectivity index (χ0) is 16.9. The maximum atomic E-state index is 10.5. The Morgan fingerprint density at radius 1 is 1.35 bits per heavy atom. The smallest absolute Gasteiger partial charge is 0.404 e. The molecule has 0 saturated carbocycles. The Morgan fingerprint density at radius 2 is 2.04 bits per heavy atom. The number of carbonyl (C=O) groups is 1. The van der Waals surface area contributed by atoms with Crippen LogP contribution in [0.2, 0.25) is 0 Å². The molecule has 0 aromatic heterocycles. The number of nitrogens with one attached hydrogen (secondary N) is 1. The Bertz CT molecular complexity index is 517. The Hall–Kier alpha value is -1.75. The summed E-state index contributed by atoms with van der Waals surface area (Å²) in [4.78, 5) is 13.0. The fourth-order valence-corrected chi connectivity index (χ4v) is 2.90. The summed E-state index contributed by atoms with van der Waals surface area (Å²) in [5.74, 6) is 1.37. The first-order chi connectivity index (χ1) is 10.8. The van der Waals surface area contributed by atoms with Gasteiger partial charge in [0.25, 0.3) is 0 Å². The number of amides is 1. The number of nitrogens with zero attached hydrogens (tertiary/aromatic N) is 1. The molecule has 5 nitrogen and oxygen atoms in total. The van der Waals surface area contributed by atoms with Crippen LogP contribution >= 0.6 is 0 Å². The monoisotopic (exact) mass is 320 g/mol. The number of likely N-dealkylation sites (tertiary alicyclic amines) is 1. The lowest BCUT2D eigenvalue weighted by molar-refractivity contribution is 0.130. The van der Waals surface area contributed by atoms with Gasteiger partial charge in [-0.05, 0) is 70.3 Å². The Balaban J connectivity index is 1.82. The van der Waals surface area contributed by atoms with Gasteiger partial charge in [-0.3, -0.25) is 4.90 Å². The van der Waals surface area contributed by atoms with E-state index >= 15 is 0 Å². The van der Waals surface area contributed by atoms with Crippen LogP contribution in [-0.4, -0.2) is 41.3 Å². The summed E-state index contributed by atoms with van der Waals surface area (Å²) in [5.41, 5.74) is 1.07. The van der Waals surface area contributed by atoms with Crippen molar-refractivity contribution in [2.24, 2.45) is 5.92 Å². The Labute approximate surface area is 138 Å². The van der Waals surface area contributed by atoms with Gasteiger partial charge in [0.05, 0.1) is 0 Å². The first-order valence-corrected chi connectivity index (χ1v) is 8.29. The molecule has 1 aliphatic rings. The molecule has 0 bridgehead atoms. The molecule has 1 fully saturated rings. The molecule has 2 rings (SSSR count). The topological polar surface area (TPSA) is 61.8 Å². The average molecular weight is 320 g/mol. The van der Waals surface area contributed by atoms with Crippen molar-refractivity contribution in [1.29, 1.82) is 0 Å². The van der Waals surface area contributed by atoms with Crippen molar-refractivity contribution in [3.63, 3.8) is 0 Å². The van der Waals surface area contributed by atoms with Gasteiger partial charge in [0.15, 0.2) is 0 Å². The van der Waals surface area contributed by atoms with Crippen LogP contribution in [0.15, 0.2) is 24.3 Å². The highest BCUT2D eigenvalue weighted by Crippen LogP contribution is 2.22. The van der Waals surface area contributed by atoms with Crippen LogP contribution in [0.3, 0.4) is 0 Å². The molecule has 5 heteroatoms. The molecule has 0 spiro atoms. The predicted molar refractivity (Wildman–Crippen MR) is 90.9 cm³/mol. The van der Waals surface area contributed by atoms with Gasteiger partial charge in [-0.2, -0.15) is 0 Å². The fraction of sp³-hybridized carbons (Fsp3) is 0.611. The summed E-state index contributed by atoms with van der Waals surface area (Å²) in [6.07, 6.45) is 1.15. The van der Waals surface area contributed by atoms with E-state index in [0.717, 1.165) is 38.2 Å². The van der Waals surface area contributed by atoms with Gasteiger partial charge >= 0.3 is 6.09 Å². The second kappa shape index (κ2) is 7.68. The normalized spacial score (nSPS) is 17.0. The predicted octanol–water partition coefficient (Wildman–Crippen LogP) is 3.34. The quantitative estimate of drug-likeness (QED) is 0.873. The second-order valence-corrected chi connectivity index (χ2v) is 7.27. The van der Waals surface area contributed by atoms with Crippen LogP contribution in [0, 0.1) is 5.92 Å². The van der Waals surface area contributed by atoms with E-state index in [1.165, 1.54) is 5.56 Å². The van der Waals surface area contributed by atoms with E-state index in [-0.39, 0.29) is 5.60 Å². The van der Waals surface area contributed by atoms with E-state index in [2.05, 4.69) is 43.1 Å². The van der Waals surface area contributed by atoms with Crippen molar-refractivity contribution in [3.8, 4) is 5.75 Å². The average Bonchev–Trinajstić information content (AvgIpc) is 2.45. The second-order valence-electron chi connectivity index (χ2n) is 7.27. The van der Waals surface area contributed by atoms with E-state index in [1.54, 1.807) is 0 Å². The third kappa shape index (κ3) is 6.48. The molecule has 1 aromatic rings. The number of hydrogen-bond acceptors (Lipinski definition) is 3. The SMILES string of the molecule is CC(C)(C)Oc1cccc(CN2CCC(CNC(=O)O)CC2)c1. The van der Waals surface area contributed by atoms with Gasteiger partial charge in [-0.1, -0.05) is 12.1 Å². The lowest BCUT2D eigenvalue weighted by Gasteiger charge is -2.32. The van der Waals surface area contributed by atoms with E-state index in [9.17, 15) is 4.79 Å². The zero-order valence-corrected chi connectivity index (χ0v) is 14.3. The maximum Gasteiger partial charge on any atom is 0.404 e. The summed E-state index contributed by atoms with van der Waals surface area (Å²) in [5, 5.41) is 11.2. The first kappa shape index (κ1) is 17.6. The van der Waals surface area contributed by atoms with E-state index in [0.29, 0.717) is 12.5 Å². The molecule has 0 aliphatic carbocycles.